The molecule has 2 heterocycles. The Balaban J connectivity index is 2.19. The summed E-state index contributed by atoms with van der Waals surface area (Å²) in [5.74, 6) is 0.720. The van der Waals surface area contributed by atoms with Crippen molar-refractivity contribution in [3.8, 4) is 6.07 Å². The number of aromatic nitrogens is 1. The average molecular weight is 279 g/mol. The molecule has 1 fully saturated rings. The fourth-order valence-corrected chi connectivity index (χ4v) is 2.46. The van der Waals surface area contributed by atoms with Crippen molar-refractivity contribution in [1.29, 1.82) is 5.26 Å². The van der Waals surface area contributed by atoms with E-state index in [9.17, 15) is 4.79 Å². The molecule has 0 aliphatic carbocycles. The highest BCUT2D eigenvalue weighted by Gasteiger charge is 2.20. The minimum absolute atomic E-state index is 0.0895. The van der Waals surface area contributed by atoms with Gasteiger partial charge in [-0.3, -0.25) is 4.79 Å². The van der Waals surface area contributed by atoms with Crippen molar-refractivity contribution in [1.82, 2.24) is 9.88 Å². The largest absolute Gasteiger partial charge is 0.354 e. The highest BCUT2D eigenvalue weighted by atomic mass is 35.5. The van der Waals surface area contributed by atoms with Crippen LogP contribution in [0.2, 0.25) is 5.02 Å². The first-order valence-electron chi connectivity index (χ1n) is 6.18. The van der Waals surface area contributed by atoms with Crippen LogP contribution in [0.5, 0.6) is 0 Å². The molecular formula is C13H15ClN4O. The molecular weight excluding hydrogens is 264 g/mol. The fraction of sp³-hybridized carbons (Fsp3) is 0.462. The van der Waals surface area contributed by atoms with E-state index >= 15 is 0 Å². The first-order chi connectivity index (χ1) is 9.13. The summed E-state index contributed by atoms with van der Waals surface area (Å²) in [5, 5.41) is 9.37. The van der Waals surface area contributed by atoms with E-state index in [0.717, 1.165) is 19.5 Å². The zero-order valence-electron chi connectivity index (χ0n) is 10.8. The number of carbonyl (C=O) groups excluding carboxylic acids is 1. The van der Waals surface area contributed by atoms with Gasteiger partial charge in [0.1, 0.15) is 16.9 Å². The molecule has 1 amide bonds. The SMILES string of the molecule is CC(=O)N1CCCN(c2nccc(C#N)c2Cl)CC1. The van der Waals surface area contributed by atoms with E-state index in [1.807, 2.05) is 9.80 Å². The number of pyridine rings is 1. The number of nitriles is 1. The van der Waals surface area contributed by atoms with Crippen LogP contribution in [-0.2, 0) is 4.79 Å². The smallest absolute Gasteiger partial charge is 0.219 e. The van der Waals surface area contributed by atoms with Gasteiger partial charge in [0.25, 0.3) is 0 Å². The van der Waals surface area contributed by atoms with Gasteiger partial charge in [0.2, 0.25) is 5.91 Å². The number of hydrogen-bond acceptors (Lipinski definition) is 4. The third-order valence-corrected chi connectivity index (χ3v) is 3.60. The predicted molar refractivity (Wildman–Crippen MR) is 73.0 cm³/mol. The molecule has 1 saturated heterocycles. The summed E-state index contributed by atoms with van der Waals surface area (Å²) in [5.41, 5.74) is 0.430. The van der Waals surface area contributed by atoms with Crippen LogP contribution in [0.3, 0.4) is 0 Å². The molecule has 100 valence electrons. The number of hydrogen-bond donors (Lipinski definition) is 0. The van der Waals surface area contributed by atoms with Gasteiger partial charge >= 0.3 is 0 Å². The van der Waals surface area contributed by atoms with Gasteiger partial charge in [0.15, 0.2) is 0 Å². The monoisotopic (exact) mass is 278 g/mol. The Kier molecular flexibility index (Phi) is 4.23. The molecule has 2 rings (SSSR count). The van der Waals surface area contributed by atoms with E-state index in [1.54, 1.807) is 19.2 Å². The van der Waals surface area contributed by atoms with Gasteiger partial charge in [-0.25, -0.2) is 4.98 Å². The standard InChI is InChI=1S/C13H15ClN4O/c1-10(19)17-5-2-6-18(8-7-17)13-12(14)11(9-15)3-4-16-13/h3-4H,2,5-8H2,1H3. The number of anilines is 1. The number of halogens is 1. The first-order valence-corrected chi connectivity index (χ1v) is 6.56. The molecule has 6 heteroatoms. The van der Waals surface area contributed by atoms with Crippen LogP contribution >= 0.6 is 11.6 Å². The lowest BCUT2D eigenvalue weighted by molar-refractivity contribution is -0.128. The van der Waals surface area contributed by atoms with E-state index in [4.69, 9.17) is 16.9 Å². The zero-order chi connectivity index (χ0) is 13.8. The first kappa shape index (κ1) is 13.6. The maximum atomic E-state index is 11.4. The summed E-state index contributed by atoms with van der Waals surface area (Å²) >= 11 is 6.19. The number of rotatable bonds is 1. The molecule has 0 bridgehead atoms. The lowest BCUT2D eigenvalue weighted by Crippen LogP contribution is -2.34. The van der Waals surface area contributed by atoms with Crippen molar-refractivity contribution >= 4 is 23.3 Å². The molecule has 19 heavy (non-hydrogen) atoms. The maximum Gasteiger partial charge on any atom is 0.219 e. The second-order valence-electron chi connectivity index (χ2n) is 4.45. The van der Waals surface area contributed by atoms with Crippen molar-refractivity contribution in [2.75, 3.05) is 31.1 Å². The van der Waals surface area contributed by atoms with Crippen LogP contribution in [0.25, 0.3) is 0 Å². The van der Waals surface area contributed by atoms with Crippen LogP contribution in [0.15, 0.2) is 12.3 Å². The van der Waals surface area contributed by atoms with Crippen molar-refractivity contribution < 1.29 is 4.79 Å². The topological polar surface area (TPSA) is 60.2 Å². The minimum atomic E-state index is 0.0895. The van der Waals surface area contributed by atoms with Gasteiger partial charge in [-0.05, 0) is 12.5 Å². The summed E-state index contributed by atoms with van der Waals surface area (Å²) in [6, 6.07) is 3.66. The van der Waals surface area contributed by atoms with Crippen molar-refractivity contribution in [3.05, 3.63) is 22.8 Å². The molecule has 5 nitrogen and oxygen atoms in total. The normalized spacial score (nSPS) is 15.8. The van der Waals surface area contributed by atoms with Crippen molar-refractivity contribution in [2.24, 2.45) is 0 Å². The summed E-state index contributed by atoms with van der Waals surface area (Å²) < 4.78 is 0. The Bertz CT molecular complexity index is 526. The van der Waals surface area contributed by atoms with Crippen LogP contribution in [-0.4, -0.2) is 42.0 Å². The molecule has 0 spiro atoms. The molecule has 0 radical (unpaired) electrons. The summed E-state index contributed by atoms with van der Waals surface area (Å²) in [6.07, 6.45) is 2.46. The maximum absolute atomic E-state index is 11.4. The number of amides is 1. The van der Waals surface area contributed by atoms with E-state index < -0.39 is 0 Å². The second kappa shape index (κ2) is 5.89. The minimum Gasteiger partial charge on any atom is -0.354 e. The summed E-state index contributed by atoms with van der Waals surface area (Å²) in [4.78, 5) is 19.5. The van der Waals surface area contributed by atoms with Crippen molar-refractivity contribution in [3.63, 3.8) is 0 Å². The third kappa shape index (κ3) is 2.96. The zero-order valence-corrected chi connectivity index (χ0v) is 11.5. The molecule has 0 atom stereocenters. The average Bonchev–Trinajstić information content (AvgIpc) is 2.65. The molecule has 0 unspecified atom stereocenters. The second-order valence-corrected chi connectivity index (χ2v) is 4.83. The molecule has 1 aliphatic heterocycles. The Morgan fingerprint density at radius 2 is 2.21 bits per heavy atom. The lowest BCUT2D eigenvalue weighted by Gasteiger charge is -2.23. The predicted octanol–water partition coefficient (Wildman–Crippen LogP) is 1.67. The Labute approximate surface area is 117 Å². The van der Waals surface area contributed by atoms with Gasteiger partial charge in [-0.1, -0.05) is 11.6 Å². The van der Waals surface area contributed by atoms with Gasteiger partial charge in [-0.2, -0.15) is 5.26 Å². The molecule has 0 N–H and O–H groups in total. The number of nitrogens with zero attached hydrogens (tertiary/aromatic N) is 4. The molecule has 1 aromatic rings. The van der Waals surface area contributed by atoms with E-state index in [1.165, 1.54) is 0 Å². The van der Waals surface area contributed by atoms with E-state index in [2.05, 4.69) is 11.1 Å². The molecule has 1 aromatic heterocycles. The van der Waals surface area contributed by atoms with Gasteiger partial charge < -0.3 is 9.80 Å². The lowest BCUT2D eigenvalue weighted by atomic mass is 10.2. The van der Waals surface area contributed by atoms with E-state index in [-0.39, 0.29) is 5.91 Å². The van der Waals surface area contributed by atoms with E-state index in [0.29, 0.717) is 29.5 Å². The third-order valence-electron chi connectivity index (χ3n) is 3.23. The van der Waals surface area contributed by atoms with Crippen molar-refractivity contribution in [2.45, 2.75) is 13.3 Å². The van der Waals surface area contributed by atoms with Crippen LogP contribution in [0.1, 0.15) is 18.9 Å². The number of carbonyl (C=O) groups is 1. The van der Waals surface area contributed by atoms with Crippen LogP contribution in [0, 0.1) is 11.3 Å². The molecule has 1 aliphatic rings. The highest BCUT2D eigenvalue weighted by Crippen LogP contribution is 2.27. The quantitative estimate of drug-likeness (QED) is 0.784. The van der Waals surface area contributed by atoms with Gasteiger partial charge in [0.05, 0.1) is 5.56 Å². The summed E-state index contributed by atoms with van der Waals surface area (Å²) in [6.45, 7) is 4.45. The summed E-state index contributed by atoms with van der Waals surface area (Å²) in [7, 11) is 0. The molecule has 0 saturated carbocycles. The highest BCUT2D eigenvalue weighted by molar-refractivity contribution is 6.34. The fourth-order valence-electron chi connectivity index (χ4n) is 2.18. The molecule has 0 aromatic carbocycles. The Morgan fingerprint density at radius 1 is 1.42 bits per heavy atom. The Hall–Kier alpha value is -1.80. The van der Waals surface area contributed by atoms with Crippen LogP contribution in [0.4, 0.5) is 5.82 Å². The van der Waals surface area contributed by atoms with Crippen LogP contribution < -0.4 is 4.90 Å². The van der Waals surface area contributed by atoms with Gasteiger partial charge in [-0.15, -0.1) is 0 Å². The van der Waals surface area contributed by atoms with Gasteiger partial charge in [0, 0.05) is 39.3 Å². The Morgan fingerprint density at radius 3 is 2.89 bits per heavy atom.